The van der Waals surface area contributed by atoms with Crippen LogP contribution in [0, 0.1) is 0 Å². The normalized spacial score (nSPS) is 15.0. The van der Waals surface area contributed by atoms with Crippen LogP contribution in [0.15, 0.2) is 176 Å². The van der Waals surface area contributed by atoms with Gasteiger partial charge in [-0.3, -0.25) is 4.98 Å². The summed E-state index contributed by atoms with van der Waals surface area (Å²) < 4.78 is 0. The maximum absolute atomic E-state index is 5.11. The van der Waals surface area contributed by atoms with E-state index in [1.807, 2.05) is 36.7 Å². The zero-order valence-electron chi connectivity index (χ0n) is 26.6. The molecule has 2 aliphatic rings. The molecule has 0 aliphatic heterocycles. The van der Waals surface area contributed by atoms with Crippen LogP contribution in [0.5, 0.6) is 0 Å². The minimum absolute atomic E-state index is 0.407. The van der Waals surface area contributed by atoms with Gasteiger partial charge in [0, 0.05) is 34.6 Å². The van der Waals surface area contributed by atoms with Crippen LogP contribution < -0.4 is 0 Å². The molecule has 1 spiro atoms. The van der Waals surface area contributed by atoms with Crippen LogP contribution in [0.4, 0.5) is 0 Å². The standard InChI is InChI=1S/C46H29N3/c1-3-12-30(13-4-1)43-28-44(49-45(48-43)31-14-5-2-6-15-31)34-17-11-16-32(26-34)33-22-23-37-35-18-7-9-20-39(35)46(42(37)27-33)40-21-10-8-19-36(40)38-29-47-25-24-41(38)46/h1-29H. The molecule has 2 aliphatic carbocycles. The highest BCUT2D eigenvalue weighted by atomic mass is 14.9. The average molecular weight is 624 g/mol. The minimum Gasteiger partial charge on any atom is -0.264 e. The van der Waals surface area contributed by atoms with Crippen LogP contribution in [-0.4, -0.2) is 15.0 Å². The molecule has 1 unspecified atom stereocenters. The van der Waals surface area contributed by atoms with E-state index < -0.39 is 5.41 Å². The van der Waals surface area contributed by atoms with Gasteiger partial charge in [0.05, 0.1) is 16.8 Å². The van der Waals surface area contributed by atoms with Crippen molar-refractivity contribution in [2.75, 3.05) is 0 Å². The fourth-order valence-corrected chi connectivity index (χ4v) is 8.09. The van der Waals surface area contributed by atoms with Crippen molar-refractivity contribution in [2.45, 2.75) is 5.41 Å². The second kappa shape index (κ2) is 10.8. The number of fused-ring (bicyclic) bond motifs is 10. The number of aromatic nitrogens is 3. The molecule has 228 valence electrons. The Kier molecular flexibility index (Phi) is 6.09. The van der Waals surface area contributed by atoms with Gasteiger partial charge < -0.3 is 0 Å². The summed E-state index contributed by atoms with van der Waals surface area (Å²) in [5, 5.41) is 0. The Balaban J connectivity index is 1.15. The lowest BCUT2D eigenvalue weighted by Crippen LogP contribution is -2.25. The molecule has 0 radical (unpaired) electrons. The molecule has 0 bridgehead atoms. The molecule has 0 saturated carbocycles. The number of hydrogen-bond acceptors (Lipinski definition) is 3. The Labute approximate surface area is 285 Å². The second-order valence-corrected chi connectivity index (χ2v) is 12.8. The van der Waals surface area contributed by atoms with Gasteiger partial charge in [0.25, 0.3) is 0 Å². The lowest BCUT2D eigenvalue weighted by Gasteiger charge is -2.30. The highest BCUT2D eigenvalue weighted by Crippen LogP contribution is 2.62. The molecule has 0 fully saturated rings. The monoisotopic (exact) mass is 623 g/mol. The molecule has 1 atom stereocenters. The first kappa shape index (κ1) is 27.6. The van der Waals surface area contributed by atoms with Gasteiger partial charge in [0.2, 0.25) is 0 Å². The van der Waals surface area contributed by atoms with E-state index in [4.69, 9.17) is 9.97 Å². The van der Waals surface area contributed by atoms with Crippen molar-refractivity contribution in [3.05, 3.63) is 198 Å². The van der Waals surface area contributed by atoms with Crippen LogP contribution in [-0.2, 0) is 5.41 Å². The van der Waals surface area contributed by atoms with Crippen molar-refractivity contribution in [3.8, 4) is 67.3 Å². The number of hydrogen-bond donors (Lipinski definition) is 0. The van der Waals surface area contributed by atoms with Gasteiger partial charge in [0.1, 0.15) is 0 Å². The van der Waals surface area contributed by atoms with E-state index in [0.717, 1.165) is 33.6 Å². The van der Waals surface area contributed by atoms with E-state index in [2.05, 4.69) is 145 Å². The summed E-state index contributed by atoms with van der Waals surface area (Å²) in [6.07, 6.45) is 3.97. The first-order valence-corrected chi connectivity index (χ1v) is 16.7. The first-order chi connectivity index (χ1) is 24.3. The van der Waals surface area contributed by atoms with E-state index in [9.17, 15) is 0 Å². The van der Waals surface area contributed by atoms with Crippen molar-refractivity contribution in [3.63, 3.8) is 0 Å². The summed E-state index contributed by atoms with van der Waals surface area (Å²) in [6.45, 7) is 0. The molecule has 8 aromatic rings. The van der Waals surface area contributed by atoms with Crippen LogP contribution in [0.25, 0.3) is 67.3 Å². The molecule has 49 heavy (non-hydrogen) atoms. The van der Waals surface area contributed by atoms with Crippen molar-refractivity contribution < 1.29 is 0 Å². The van der Waals surface area contributed by atoms with Crippen molar-refractivity contribution in [2.24, 2.45) is 0 Å². The number of nitrogens with zero attached hydrogens (tertiary/aromatic N) is 3. The first-order valence-electron chi connectivity index (χ1n) is 16.7. The third kappa shape index (κ3) is 4.12. The molecule has 0 N–H and O–H groups in total. The smallest absolute Gasteiger partial charge is 0.160 e. The maximum atomic E-state index is 5.11. The summed E-state index contributed by atoms with van der Waals surface area (Å²) in [6, 6.07) is 58.4. The van der Waals surface area contributed by atoms with Gasteiger partial charge in [-0.25, -0.2) is 9.97 Å². The van der Waals surface area contributed by atoms with Crippen LogP contribution in [0.2, 0.25) is 0 Å². The minimum atomic E-state index is -0.407. The zero-order chi connectivity index (χ0) is 32.4. The van der Waals surface area contributed by atoms with E-state index in [1.54, 1.807) is 0 Å². The van der Waals surface area contributed by atoms with Crippen molar-refractivity contribution >= 4 is 0 Å². The molecular formula is C46H29N3. The van der Waals surface area contributed by atoms with E-state index >= 15 is 0 Å². The molecule has 0 amide bonds. The van der Waals surface area contributed by atoms with Gasteiger partial charge in [-0.05, 0) is 74.3 Å². The molecule has 10 rings (SSSR count). The van der Waals surface area contributed by atoms with Gasteiger partial charge in [-0.15, -0.1) is 0 Å². The second-order valence-electron chi connectivity index (χ2n) is 12.8. The Hall–Kier alpha value is -6.45. The number of pyridine rings is 1. The predicted molar refractivity (Wildman–Crippen MR) is 198 cm³/mol. The largest absolute Gasteiger partial charge is 0.264 e. The Morgan fingerprint density at radius 3 is 1.65 bits per heavy atom. The van der Waals surface area contributed by atoms with Gasteiger partial charge in [0.15, 0.2) is 5.82 Å². The highest BCUT2D eigenvalue weighted by Gasteiger charge is 2.51. The summed E-state index contributed by atoms with van der Waals surface area (Å²) in [4.78, 5) is 14.7. The molecule has 0 saturated heterocycles. The zero-order valence-corrected chi connectivity index (χ0v) is 26.6. The van der Waals surface area contributed by atoms with Crippen LogP contribution in [0.1, 0.15) is 22.3 Å². The van der Waals surface area contributed by atoms with Crippen molar-refractivity contribution in [1.82, 2.24) is 15.0 Å². The summed E-state index contributed by atoms with van der Waals surface area (Å²) >= 11 is 0. The highest BCUT2D eigenvalue weighted by molar-refractivity contribution is 5.95. The third-order valence-electron chi connectivity index (χ3n) is 10.2. The van der Waals surface area contributed by atoms with Gasteiger partial charge >= 0.3 is 0 Å². The predicted octanol–water partition coefficient (Wildman–Crippen LogP) is 10.9. The number of rotatable bonds is 4. The van der Waals surface area contributed by atoms with Crippen molar-refractivity contribution in [1.29, 1.82) is 0 Å². The molecule has 2 aromatic heterocycles. The van der Waals surface area contributed by atoms with Crippen LogP contribution in [0.3, 0.4) is 0 Å². The maximum Gasteiger partial charge on any atom is 0.160 e. The fraction of sp³-hybridized carbons (Fsp3) is 0.0217. The molecule has 3 nitrogen and oxygen atoms in total. The van der Waals surface area contributed by atoms with E-state index in [-0.39, 0.29) is 0 Å². The fourth-order valence-electron chi connectivity index (χ4n) is 8.09. The molecular weight excluding hydrogens is 595 g/mol. The Bertz CT molecular complexity index is 2430. The molecule has 2 heterocycles. The third-order valence-corrected chi connectivity index (χ3v) is 10.2. The number of benzene rings is 6. The summed E-state index contributed by atoms with van der Waals surface area (Å²) in [5.41, 5.74) is 17.1. The lowest BCUT2D eigenvalue weighted by molar-refractivity contribution is 0.792. The topological polar surface area (TPSA) is 38.7 Å². The van der Waals surface area contributed by atoms with E-state index in [0.29, 0.717) is 5.82 Å². The summed E-state index contributed by atoms with van der Waals surface area (Å²) in [7, 11) is 0. The molecule has 3 heteroatoms. The van der Waals surface area contributed by atoms with Crippen LogP contribution >= 0.6 is 0 Å². The summed E-state index contributed by atoms with van der Waals surface area (Å²) in [5.74, 6) is 0.715. The Morgan fingerprint density at radius 1 is 0.347 bits per heavy atom. The average Bonchev–Trinajstić information content (AvgIpc) is 3.66. The lowest BCUT2D eigenvalue weighted by atomic mass is 9.70. The molecule has 6 aromatic carbocycles. The Morgan fingerprint density at radius 2 is 0.898 bits per heavy atom. The van der Waals surface area contributed by atoms with E-state index in [1.165, 1.54) is 50.1 Å². The van der Waals surface area contributed by atoms with Gasteiger partial charge in [-0.2, -0.15) is 0 Å². The quantitative estimate of drug-likeness (QED) is 0.196. The van der Waals surface area contributed by atoms with Gasteiger partial charge in [-0.1, -0.05) is 140 Å². The SMILES string of the molecule is c1ccc(-c2cc(-c3cccc(-c4ccc5c(c4)C4(c6ccccc6-c6cnccc64)c4ccccc4-5)c3)nc(-c3ccccc3)n2)cc1.